The van der Waals surface area contributed by atoms with Gasteiger partial charge in [-0.1, -0.05) is 19.9 Å². The lowest BCUT2D eigenvalue weighted by molar-refractivity contribution is -0.388. The molecule has 0 radical (unpaired) electrons. The number of halogens is 3. The number of nitro groups is 1. The fraction of sp³-hybridized carbons (Fsp3) is 0.538. The molecule has 0 amide bonds. The fourth-order valence-electron chi connectivity index (χ4n) is 2.00. The fourth-order valence-corrected chi connectivity index (χ4v) is 2.00. The van der Waals surface area contributed by atoms with E-state index in [1.165, 1.54) is 6.07 Å². The smallest absolute Gasteiger partial charge is 0.393 e. The second kappa shape index (κ2) is 6.21. The summed E-state index contributed by atoms with van der Waals surface area (Å²) in [5, 5.41) is 20.3. The molecular weight excluding hydrogens is 275 g/mol. The number of aliphatic hydroxyl groups is 1. The van der Waals surface area contributed by atoms with Gasteiger partial charge in [-0.05, 0) is 30.4 Å². The molecule has 1 unspecified atom stereocenters. The molecule has 1 atom stereocenters. The minimum atomic E-state index is -4.79. The van der Waals surface area contributed by atoms with E-state index in [1.54, 1.807) is 0 Å². The first kappa shape index (κ1) is 16.4. The molecule has 112 valence electrons. The predicted molar refractivity (Wildman–Crippen MR) is 67.3 cm³/mol. The molecule has 0 bridgehead atoms. The number of nitrogens with zero attached hydrogens (tertiary/aromatic N) is 1. The van der Waals surface area contributed by atoms with Gasteiger partial charge in [0.15, 0.2) is 0 Å². The molecule has 0 spiro atoms. The van der Waals surface area contributed by atoms with Crippen LogP contribution in [0.15, 0.2) is 18.2 Å². The van der Waals surface area contributed by atoms with Gasteiger partial charge in [-0.3, -0.25) is 10.1 Å². The normalized spacial score (nSPS) is 13.6. The average molecular weight is 291 g/mol. The van der Waals surface area contributed by atoms with Gasteiger partial charge in [0.25, 0.3) is 5.69 Å². The molecule has 1 N–H and O–H groups in total. The lowest BCUT2D eigenvalue weighted by Gasteiger charge is -2.14. The first-order valence-electron chi connectivity index (χ1n) is 6.13. The van der Waals surface area contributed by atoms with Crippen molar-refractivity contribution in [2.75, 3.05) is 0 Å². The second-order valence-corrected chi connectivity index (χ2v) is 5.09. The Hall–Kier alpha value is -1.63. The lowest BCUT2D eigenvalue weighted by Crippen LogP contribution is -2.15. The Bertz CT molecular complexity index is 486. The molecule has 7 heteroatoms. The van der Waals surface area contributed by atoms with E-state index in [0.717, 1.165) is 12.1 Å². The molecule has 0 saturated carbocycles. The van der Waals surface area contributed by atoms with Crippen LogP contribution < -0.4 is 0 Å². The van der Waals surface area contributed by atoms with Crippen LogP contribution in [0.3, 0.4) is 0 Å². The quantitative estimate of drug-likeness (QED) is 0.666. The minimum absolute atomic E-state index is 0.0409. The molecule has 0 aliphatic carbocycles. The zero-order valence-electron chi connectivity index (χ0n) is 11.1. The molecule has 4 nitrogen and oxygen atoms in total. The van der Waals surface area contributed by atoms with Crippen molar-refractivity contribution in [2.45, 2.75) is 39.0 Å². The van der Waals surface area contributed by atoms with Crippen LogP contribution >= 0.6 is 0 Å². The van der Waals surface area contributed by atoms with Gasteiger partial charge in [-0.15, -0.1) is 0 Å². The van der Waals surface area contributed by atoms with Gasteiger partial charge in [0, 0.05) is 6.07 Å². The average Bonchev–Trinajstić information content (AvgIpc) is 2.25. The molecule has 0 heterocycles. The molecule has 1 aromatic rings. The van der Waals surface area contributed by atoms with Crippen LogP contribution in [0.5, 0.6) is 0 Å². The summed E-state index contributed by atoms with van der Waals surface area (Å²) in [5.41, 5.74) is -2.02. The molecule has 1 aromatic carbocycles. The number of alkyl halides is 3. The maximum atomic E-state index is 12.8. The third-order valence-corrected chi connectivity index (χ3v) is 2.78. The van der Waals surface area contributed by atoms with Gasteiger partial charge < -0.3 is 5.11 Å². The van der Waals surface area contributed by atoms with Crippen molar-refractivity contribution in [1.29, 1.82) is 0 Å². The van der Waals surface area contributed by atoms with Crippen molar-refractivity contribution in [3.63, 3.8) is 0 Å². The summed E-state index contributed by atoms with van der Waals surface area (Å²) in [6.07, 6.45) is -5.06. The zero-order chi connectivity index (χ0) is 15.5. The molecule has 20 heavy (non-hydrogen) atoms. The number of aliphatic hydroxyl groups excluding tert-OH is 1. The summed E-state index contributed by atoms with van der Waals surface area (Å²) in [7, 11) is 0. The Morgan fingerprint density at radius 1 is 1.35 bits per heavy atom. The van der Waals surface area contributed by atoms with E-state index >= 15 is 0 Å². The van der Waals surface area contributed by atoms with Crippen molar-refractivity contribution >= 4 is 5.69 Å². The van der Waals surface area contributed by atoms with Gasteiger partial charge in [-0.25, -0.2) is 0 Å². The Balaban J connectivity index is 3.04. The topological polar surface area (TPSA) is 63.4 Å². The Morgan fingerprint density at radius 3 is 2.40 bits per heavy atom. The van der Waals surface area contributed by atoms with Crippen molar-refractivity contribution in [1.82, 2.24) is 0 Å². The van der Waals surface area contributed by atoms with Crippen LogP contribution in [0.2, 0.25) is 0 Å². The van der Waals surface area contributed by atoms with E-state index in [4.69, 9.17) is 0 Å². The zero-order valence-corrected chi connectivity index (χ0v) is 11.1. The summed E-state index contributed by atoms with van der Waals surface area (Å²) < 4.78 is 38.3. The maximum absolute atomic E-state index is 12.8. The van der Waals surface area contributed by atoms with Gasteiger partial charge in [0.05, 0.1) is 11.0 Å². The van der Waals surface area contributed by atoms with Crippen LogP contribution in [0.1, 0.15) is 31.4 Å². The van der Waals surface area contributed by atoms with E-state index in [9.17, 15) is 28.4 Å². The van der Waals surface area contributed by atoms with E-state index in [1.807, 2.05) is 13.8 Å². The first-order valence-corrected chi connectivity index (χ1v) is 6.13. The summed E-state index contributed by atoms with van der Waals surface area (Å²) in [4.78, 5) is 9.55. The van der Waals surface area contributed by atoms with Crippen LogP contribution in [0, 0.1) is 16.0 Å². The van der Waals surface area contributed by atoms with Crippen molar-refractivity contribution in [3.8, 4) is 0 Å². The largest absolute Gasteiger partial charge is 0.423 e. The standard InChI is InChI=1S/C13H16F3NO3/c1-8(2)5-10(18)6-9-3-4-12(17(19)20)11(7-9)13(14,15)16/h3-4,7-8,10,18H,5-6H2,1-2H3. The van der Waals surface area contributed by atoms with Crippen molar-refractivity contribution in [2.24, 2.45) is 5.92 Å². The molecule has 0 saturated heterocycles. The van der Waals surface area contributed by atoms with E-state index in [-0.39, 0.29) is 17.9 Å². The SMILES string of the molecule is CC(C)CC(O)Cc1ccc([N+](=O)[O-])c(C(F)(F)F)c1. The Morgan fingerprint density at radius 2 is 1.95 bits per heavy atom. The van der Waals surface area contributed by atoms with E-state index in [2.05, 4.69) is 0 Å². The monoisotopic (exact) mass is 291 g/mol. The molecule has 1 rings (SSSR count). The summed E-state index contributed by atoms with van der Waals surface area (Å²) in [6, 6.07) is 2.82. The number of hydrogen-bond donors (Lipinski definition) is 1. The summed E-state index contributed by atoms with van der Waals surface area (Å²) in [5.74, 6) is 0.213. The van der Waals surface area contributed by atoms with E-state index < -0.39 is 28.5 Å². The second-order valence-electron chi connectivity index (χ2n) is 5.09. The molecule has 0 fully saturated rings. The highest BCUT2D eigenvalue weighted by atomic mass is 19.4. The number of hydrogen-bond acceptors (Lipinski definition) is 3. The highest BCUT2D eigenvalue weighted by Gasteiger charge is 2.38. The highest BCUT2D eigenvalue weighted by Crippen LogP contribution is 2.36. The summed E-state index contributed by atoms with van der Waals surface area (Å²) >= 11 is 0. The highest BCUT2D eigenvalue weighted by molar-refractivity contribution is 5.44. The van der Waals surface area contributed by atoms with Crippen molar-refractivity contribution < 1.29 is 23.2 Å². The molecule has 0 aromatic heterocycles. The molecule has 0 aliphatic heterocycles. The van der Waals surface area contributed by atoms with Crippen LogP contribution in [-0.2, 0) is 12.6 Å². The summed E-state index contributed by atoms with van der Waals surface area (Å²) in [6.45, 7) is 3.78. The molecular formula is C13H16F3NO3. The first-order chi connectivity index (χ1) is 9.11. The molecule has 0 aliphatic rings. The number of benzene rings is 1. The number of rotatable bonds is 5. The predicted octanol–water partition coefficient (Wildman–Crippen LogP) is 3.56. The van der Waals surface area contributed by atoms with Gasteiger partial charge in [0.2, 0.25) is 0 Å². The van der Waals surface area contributed by atoms with Gasteiger partial charge in [0.1, 0.15) is 5.56 Å². The third-order valence-electron chi connectivity index (χ3n) is 2.78. The van der Waals surface area contributed by atoms with Crippen LogP contribution in [-0.4, -0.2) is 16.1 Å². The Kier molecular flexibility index (Phi) is 5.10. The lowest BCUT2D eigenvalue weighted by atomic mass is 9.98. The maximum Gasteiger partial charge on any atom is 0.423 e. The third kappa shape index (κ3) is 4.48. The van der Waals surface area contributed by atoms with E-state index in [0.29, 0.717) is 6.42 Å². The van der Waals surface area contributed by atoms with Gasteiger partial charge >= 0.3 is 6.18 Å². The van der Waals surface area contributed by atoms with Crippen LogP contribution in [0.25, 0.3) is 0 Å². The Labute approximate surface area is 114 Å². The van der Waals surface area contributed by atoms with Crippen LogP contribution in [0.4, 0.5) is 18.9 Å². The minimum Gasteiger partial charge on any atom is -0.393 e. The number of nitro benzene ring substituents is 1. The van der Waals surface area contributed by atoms with Gasteiger partial charge in [-0.2, -0.15) is 13.2 Å². The van der Waals surface area contributed by atoms with Crippen molar-refractivity contribution in [3.05, 3.63) is 39.4 Å².